The Morgan fingerprint density at radius 3 is 2.56 bits per heavy atom. The van der Waals surface area contributed by atoms with E-state index in [0.29, 0.717) is 13.2 Å². The fraction of sp³-hybridized carbons (Fsp3) is 0.409. The second-order valence-corrected chi connectivity index (χ2v) is 6.82. The van der Waals surface area contributed by atoms with Crippen LogP contribution in [0.25, 0.3) is 0 Å². The molecule has 0 radical (unpaired) electrons. The highest BCUT2D eigenvalue weighted by atomic mass is 16.5. The van der Waals surface area contributed by atoms with Crippen molar-refractivity contribution >= 4 is 5.91 Å². The van der Waals surface area contributed by atoms with Gasteiger partial charge in [-0.2, -0.15) is 0 Å². The van der Waals surface area contributed by atoms with E-state index in [1.165, 1.54) is 5.56 Å². The number of benzene rings is 2. The Kier molecular flexibility index (Phi) is 7.11. The summed E-state index contributed by atoms with van der Waals surface area (Å²) >= 11 is 0. The topological polar surface area (TPSA) is 50.8 Å². The number of likely N-dealkylation sites (tertiary alicyclic amines) is 1. The number of para-hydroxylation sites is 1. The van der Waals surface area contributed by atoms with E-state index in [2.05, 4.69) is 12.2 Å². The normalized spacial score (nSPS) is 13.6. The largest absolute Gasteiger partial charge is 0.492 e. The standard InChI is InChI=1S/C22H28N2O3/c1-18-8-10-20(11-9-18)26-15-12-23-16-19-6-2-3-7-21(19)27-17-22(25)24-13-4-5-14-24/h2-3,6-11,23H,4-5,12-17H2,1H3. The summed E-state index contributed by atoms with van der Waals surface area (Å²) in [6, 6.07) is 15.9. The van der Waals surface area contributed by atoms with Crippen LogP contribution in [0, 0.1) is 6.92 Å². The second kappa shape index (κ2) is 9.97. The number of ether oxygens (including phenoxy) is 2. The molecular weight excluding hydrogens is 340 g/mol. The van der Waals surface area contributed by atoms with Crippen molar-refractivity contribution in [2.45, 2.75) is 26.3 Å². The summed E-state index contributed by atoms with van der Waals surface area (Å²) in [6.07, 6.45) is 2.19. The molecule has 0 aromatic heterocycles. The van der Waals surface area contributed by atoms with Crippen molar-refractivity contribution in [2.24, 2.45) is 0 Å². The van der Waals surface area contributed by atoms with Gasteiger partial charge in [0.2, 0.25) is 0 Å². The molecule has 1 N–H and O–H groups in total. The number of carbonyl (C=O) groups is 1. The van der Waals surface area contributed by atoms with Crippen molar-refractivity contribution in [2.75, 3.05) is 32.8 Å². The zero-order chi connectivity index (χ0) is 18.9. The lowest BCUT2D eigenvalue weighted by Gasteiger charge is -2.17. The minimum atomic E-state index is 0.0711. The number of hydrogen-bond donors (Lipinski definition) is 1. The lowest BCUT2D eigenvalue weighted by molar-refractivity contribution is -0.132. The monoisotopic (exact) mass is 368 g/mol. The van der Waals surface area contributed by atoms with Gasteiger partial charge in [0.05, 0.1) is 0 Å². The van der Waals surface area contributed by atoms with E-state index in [4.69, 9.17) is 9.47 Å². The molecule has 0 unspecified atom stereocenters. The van der Waals surface area contributed by atoms with Gasteiger partial charge in [0.15, 0.2) is 6.61 Å². The first-order valence-electron chi connectivity index (χ1n) is 9.61. The maximum atomic E-state index is 12.2. The van der Waals surface area contributed by atoms with E-state index in [1.54, 1.807) is 0 Å². The number of rotatable bonds is 9. The second-order valence-electron chi connectivity index (χ2n) is 6.82. The van der Waals surface area contributed by atoms with E-state index in [0.717, 1.165) is 49.5 Å². The van der Waals surface area contributed by atoms with Crippen LogP contribution in [0.2, 0.25) is 0 Å². The first-order valence-corrected chi connectivity index (χ1v) is 9.61. The molecule has 3 rings (SSSR count). The Morgan fingerprint density at radius 1 is 1.04 bits per heavy atom. The summed E-state index contributed by atoms with van der Waals surface area (Å²) < 4.78 is 11.5. The van der Waals surface area contributed by atoms with E-state index < -0.39 is 0 Å². The Morgan fingerprint density at radius 2 is 1.78 bits per heavy atom. The lowest BCUT2D eigenvalue weighted by atomic mass is 10.2. The maximum absolute atomic E-state index is 12.2. The van der Waals surface area contributed by atoms with Crippen molar-refractivity contribution in [3.63, 3.8) is 0 Å². The molecule has 0 aliphatic carbocycles. The van der Waals surface area contributed by atoms with Crippen LogP contribution in [0.3, 0.4) is 0 Å². The van der Waals surface area contributed by atoms with Crippen molar-refractivity contribution < 1.29 is 14.3 Å². The summed E-state index contributed by atoms with van der Waals surface area (Å²) in [7, 11) is 0. The predicted octanol–water partition coefficient (Wildman–Crippen LogP) is 3.16. The third-order valence-electron chi connectivity index (χ3n) is 4.67. The van der Waals surface area contributed by atoms with Crippen LogP contribution in [-0.4, -0.2) is 43.7 Å². The highest BCUT2D eigenvalue weighted by Crippen LogP contribution is 2.18. The van der Waals surface area contributed by atoms with Gasteiger partial charge in [0.25, 0.3) is 5.91 Å². The van der Waals surface area contributed by atoms with Gasteiger partial charge in [-0.3, -0.25) is 4.79 Å². The van der Waals surface area contributed by atoms with E-state index >= 15 is 0 Å². The van der Waals surface area contributed by atoms with Gasteiger partial charge in [-0.25, -0.2) is 0 Å². The number of nitrogens with zero attached hydrogens (tertiary/aromatic N) is 1. The Labute approximate surface area is 161 Å². The van der Waals surface area contributed by atoms with Gasteiger partial charge in [-0.1, -0.05) is 35.9 Å². The van der Waals surface area contributed by atoms with Crippen LogP contribution in [0.1, 0.15) is 24.0 Å². The van der Waals surface area contributed by atoms with Crippen LogP contribution in [0.4, 0.5) is 0 Å². The van der Waals surface area contributed by atoms with Crippen LogP contribution in [0.15, 0.2) is 48.5 Å². The van der Waals surface area contributed by atoms with Crippen LogP contribution < -0.4 is 14.8 Å². The summed E-state index contributed by atoms with van der Waals surface area (Å²) in [5.74, 6) is 1.71. The third kappa shape index (κ3) is 6.00. The molecule has 2 aromatic rings. The zero-order valence-corrected chi connectivity index (χ0v) is 15.9. The maximum Gasteiger partial charge on any atom is 0.260 e. The lowest BCUT2D eigenvalue weighted by Crippen LogP contribution is -2.32. The minimum Gasteiger partial charge on any atom is -0.492 e. The molecule has 0 bridgehead atoms. The molecule has 27 heavy (non-hydrogen) atoms. The molecule has 1 aliphatic rings. The molecule has 2 aromatic carbocycles. The van der Waals surface area contributed by atoms with Crippen molar-refractivity contribution in [1.82, 2.24) is 10.2 Å². The van der Waals surface area contributed by atoms with Crippen molar-refractivity contribution in [1.29, 1.82) is 0 Å². The molecule has 1 heterocycles. The highest BCUT2D eigenvalue weighted by molar-refractivity contribution is 5.78. The van der Waals surface area contributed by atoms with E-state index in [-0.39, 0.29) is 12.5 Å². The van der Waals surface area contributed by atoms with Gasteiger partial charge in [-0.05, 0) is 38.0 Å². The first-order chi connectivity index (χ1) is 13.2. The SMILES string of the molecule is Cc1ccc(OCCNCc2ccccc2OCC(=O)N2CCCC2)cc1. The van der Waals surface area contributed by atoms with E-state index in [1.807, 2.05) is 53.4 Å². The number of amides is 1. The highest BCUT2D eigenvalue weighted by Gasteiger charge is 2.18. The van der Waals surface area contributed by atoms with Gasteiger partial charge in [0, 0.05) is 31.7 Å². The molecule has 1 amide bonds. The summed E-state index contributed by atoms with van der Waals surface area (Å²) in [5, 5.41) is 3.37. The molecule has 1 aliphatic heterocycles. The number of hydrogen-bond acceptors (Lipinski definition) is 4. The smallest absolute Gasteiger partial charge is 0.260 e. The molecule has 0 spiro atoms. The molecule has 144 valence electrons. The molecule has 1 fully saturated rings. The van der Waals surface area contributed by atoms with Crippen molar-refractivity contribution in [3.8, 4) is 11.5 Å². The number of aryl methyl sites for hydroxylation is 1. The fourth-order valence-electron chi connectivity index (χ4n) is 3.09. The van der Waals surface area contributed by atoms with Crippen LogP contribution >= 0.6 is 0 Å². The van der Waals surface area contributed by atoms with E-state index in [9.17, 15) is 4.79 Å². The quantitative estimate of drug-likeness (QED) is 0.691. The van der Waals surface area contributed by atoms with Gasteiger partial charge >= 0.3 is 0 Å². The Balaban J connectivity index is 1.40. The molecule has 1 saturated heterocycles. The summed E-state index contributed by atoms with van der Waals surface area (Å²) in [6.45, 7) is 5.87. The molecule has 5 nitrogen and oxygen atoms in total. The molecule has 5 heteroatoms. The molecule has 0 atom stereocenters. The van der Waals surface area contributed by atoms with Crippen LogP contribution in [-0.2, 0) is 11.3 Å². The first kappa shape index (κ1) is 19.2. The number of carbonyl (C=O) groups excluding carboxylic acids is 1. The predicted molar refractivity (Wildman–Crippen MR) is 106 cm³/mol. The Hall–Kier alpha value is -2.53. The minimum absolute atomic E-state index is 0.0711. The summed E-state index contributed by atoms with van der Waals surface area (Å²) in [4.78, 5) is 14.0. The van der Waals surface area contributed by atoms with Crippen LogP contribution in [0.5, 0.6) is 11.5 Å². The zero-order valence-electron chi connectivity index (χ0n) is 15.9. The average Bonchev–Trinajstić information content (AvgIpc) is 3.23. The molecular formula is C22H28N2O3. The fourth-order valence-corrected chi connectivity index (χ4v) is 3.09. The third-order valence-corrected chi connectivity index (χ3v) is 4.67. The summed E-state index contributed by atoms with van der Waals surface area (Å²) in [5.41, 5.74) is 2.27. The van der Waals surface area contributed by atoms with Gasteiger partial charge < -0.3 is 19.7 Å². The molecule has 0 saturated carbocycles. The Bertz CT molecular complexity index is 725. The van der Waals surface area contributed by atoms with Gasteiger partial charge in [0.1, 0.15) is 18.1 Å². The van der Waals surface area contributed by atoms with Gasteiger partial charge in [-0.15, -0.1) is 0 Å². The average molecular weight is 368 g/mol. The van der Waals surface area contributed by atoms with Crippen molar-refractivity contribution in [3.05, 3.63) is 59.7 Å². The number of nitrogens with one attached hydrogen (secondary N) is 1.